The van der Waals surface area contributed by atoms with Crippen LogP contribution in [0.3, 0.4) is 0 Å². The predicted molar refractivity (Wildman–Crippen MR) is 288 cm³/mol. The minimum Gasteiger partial charge on any atom is -0.394 e. The molecule has 95 heavy (non-hydrogen) atoms. The van der Waals surface area contributed by atoms with Gasteiger partial charge in [0, 0.05) is 13.8 Å². The van der Waals surface area contributed by atoms with Crippen LogP contribution in [-0.2, 0) is 80.6 Å². The maximum absolute atomic E-state index is 12.8. The smallest absolute Gasteiger partial charge is 0.217 e. The Hall–Kier alpha value is -2.62. The molecule has 8 saturated heterocycles. The van der Waals surface area contributed by atoms with E-state index < -0.39 is 310 Å². The lowest BCUT2D eigenvalue weighted by molar-refractivity contribution is -0.399. The van der Waals surface area contributed by atoms with Crippen molar-refractivity contribution < 1.29 is 203 Å². The number of hydrogen-bond acceptors (Lipinski definition) is 41. The Bertz CT molecular complexity index is 2380. The van der Waals surface area contributed by atoms with E-state index in [2.05, 4.69) is 10.6 Å². The molecule has 40 atom stereocenters. The van der Waals surface area contributed by atoms with Crippen LogP contribution in [0, 0.1) is 0 Å². The monoisotopic (exact) mass is 1400 g/mol. The Morgan fingerprint density at radius 1 is 0.274 bits per heavy atom. The lowest BCUT2D eigenvalue weighted by Crippen LogP contribution is -2.70. The molecule has 0 unspecified atom stereocenters. The molecule has 552 valence electrons. The van der Waals surface area contributed by atoms with Gasteiger partial charge in [-0.25, -0.2) is 0 Å². The molecule has 43 nitrogen and oxygen atoms in total. The maximum Gasteiger partial charge on any atom is 0.217 e. The van der Waals surface area contributed by atoms with Gasteiger partial charge in [-0.1, -0.05) is 0 Å². The molecule has 0 bridgehead atoms. The molecule has 8 fully saturated rings. The summed E-state index contributed by atoms with van der Waals surface area (Å²) >= 11 is 0. The summed E-state index contributed by atoms with van der Waals surface area (Å²) in [4.78, 5) is 24.9. The zero-order valence-corrected chi connectivity index (χ0v) is 50.4. The van der Waals surface area contributed by atoms with Gasteiger partial charge in [-0.2, -0.15) is 0 Å². The Morgan fingerprint density at radius 3 is 1.02 bits per heavy atom. The van der Waals surface area contributed by atoms with Crippen molar-refractivity contribution in [2.45, 2.75) is 259 Å². The van der Waals surface area contributed by atoms with E-state index in [1.165, 1.54) is 0 Å². The van der Waals surface area contributed by atoms with Crippen LogP contribution in [-0.4, -0.2) is 433 Å². The third kappa shape index (κ3) is 17.0. The average molecular weight is 1400 g/mol. The SMILES string of the molecule is CC(=O)N[C@@H]1[C@@H](O)[C@H](O[C@@H]2O[C@H](CO)[C@@H](O[C@@H]3O[C@H](CO[C@@H]4O[C@H](CO[C@@H]5O[C@H](CO)[C@@H](O)[C@H](O)[C@@H]5O)[C@@H](O)[C@H](O[C@@H]5O[C@H](CO)[C@@H](O)[C@H](O)[C@@H]5O)[C@@H]4O)[C@@H](O)[C@H](O[C@@H]4O[C@H](CO)[C@@H](O)[C@H](O)[C@@H]4O[C@@H]4O[C@H](CO)[C@@H](O)[C@H](O)[C@@H]4O)[C@@H]3O)[C@H](O)[C@H]2NC(C)=O)[C@@H](CO)O[C@H]1O. The summed E-state index contributed by atoms with van der Waals surface area (Å²) < 4.78 is 86.6. The number of carbonyl (C=O) groups is 2. The van der Waals surface area contributed by atoms with Gasteiger partial charge in [-0.15, -0.1) is 0 Å². The summed E-state index contributed by atoms with van der Waals surface area (Å²) in [6.45, 7) is -6.26. The van der Waals surface area contributed by atoms with Crippen LogP contribution in [0.1, 0.15) is 13.8 Å². The van der Waals surface area contributed by atoms with Crippen LogP contribution >= 0.6 is 0 Å². The van der Waals surface area contributed by atoms with Gasteiger partial charge in [-0.05, 0) is 0 Å². The van der Waals surface area contributed by atoms with Gasteiger partial charge < -0.3 is 204 Å². The van der Waals surface area contributed by atoms with Gasteiger partial charge in [0.2, 0.25) is 11.8 Å². The number of carbonyl (C=O) groups excluding carboxylic acids is 2. The lowest BCUT2D eigenvalue weighted by Gasteiger charge is -2.50. The molecular weight excluding hydrogens is 1310 g/mol. The van der Waals surface area contributed by atoms with Crippen LogP contribution < -0.4 is 10.6 Å². The normalized spacial score (nSPS) is 50.8. The number of hydrogen-bond donors (Lipinski definition) is 26. The molecule has 26 N–H and O–H groups in total. The van der Waals surface area contributed by atoms with Crippen molar-refractivity contribution in [3.05, 3.63) is 0 Å². The number of aliphatic hydroxyl groups is 24. The first-order valence-electron chi connectivity index (χ1n) is 30.1. The molecule has 43 heteroatoms. The van der Waals surface area contributed by atoms with E-state index in [4.69, 9.17) is 71.1 Å². The number of amides is 2. The highest BCUT2D eigenvalue weighted by Crippen LogP contribution is 2.38. The second-order valence-electron chi connectivity index (χ2n) is 23.9. The van der Waals surface area contributed by atoms with Gasteiger partial charge in [0.15, 0.2) is 50.3 Å². The summed E-state index contributed by atoms with van der Waals surface area (Å²) in [6.07, 6.45) is -77.9. The summed E-state index contributed by atoms with van der Waals surface area (Å²) in [5.74, 6) is -1.68. The first-order valence-corrected chi connectivity index (χ1v) is 30.1. The fraction of sp³-hybridized carbons (Fsp3) is 0.962. The van der Waals surface area contributed by atoms with Gasteiger partial charge in [0.05, 0.1) is 52.9 Å². The van der Waals surface area contributed by atoms with E-state index in [0.717, 1.165) is 13.8 Å². The van der Waals surface area contributed by atoms with Crippen LogP contribution in [0.25, 0.3) is 0 Å². The summed E-state index contributed by atoms with van der Waals surface area (Å²) in [5.41, 5.74) is 0. The molecular formula is C52H88N2O41. The predicted octanol–water partition coefficient (Wildman–Crippen LogP) is -18.2. The Labute approximate surface area is 536 Å². The molecule has 0 aromatic carbocycles. The van der Waals surface area contributed by atoms with E-state index in [1.54, 1.807) is 0 Å². The minimum atomic E-state index is -2.49. The average Bonchev–Trinajstić information content (AvgIpc) is 0.779. The third-order valence-corrected chi connectivity index (χ3v) is 17.4. The molecule has 0 saturated carbocycles. The topological polar surface area (TPSA) is 682 Å². The van der Waals surface area contributed by atoms with Crippen molar-refractivity contribution in [1.29, 1.82) is 0 Å². The Morgan fingerprint density at radius 2 is 0.568 bits per heavy atom. The van der Waals surface area contributed by atoms with Crippen LogP contribution in [0.5, 0.6) is 0 Å². The third-order valence-electron chi connectivity index (χ3n) is 17.4. The highest BCUT2D eigenvalue weighted by Gasteiger charge is 2.59. The summed E-state index contributed by atoms with van der Waals surface area (Å²) in [7, 11) is 0. The molecule has 2 amide bonds. The van der Waals surface area contributed by atoms with E-state index in [-0.39, 0.29) is 0 Å². The molecule has 0 radical (unpaired) electrons. The minimum absolute atomic E-state index is 0.766. The van der Waals surface area contributed by atoms with Crippen molar-refractivity contribution in [3.8, 4) is 0 Å². The molecule has 0 aliphatic carbocycles. The van der Waals surface area contributed by atoms with Crippen molar-refractivity contribution in [2.75, 3.05) is 52.9 Å². The molecule has 8 heterocycles. The maximum atomic E-state index is 12.8. The first-order chi connectivity index (χ1) is 44.9. The number of aliphatic hydroxyl groups excluding tert-OH is 24. The highest BCUT2D eigenvalue weighted by molar-refractivity contribution is 5.73. The van der Waals surface area contributed by atoms with Crippen molar-refractivity contribution >= 4 is 11.8 Å². The van der Waals surface area contributed by atoms with Gasteiger partial charge in [0.1, 0.15) is 195 Å². The molecule has 8 aliphatic heterocycles. The molecule has 0 aromatic rings. The fourth-order valence-corrected chi connectivity index (χ4v) is 12.1. The highest BCUT2D eigenvalue weighted by atomic mass is 16.8. The Kier molecular flexibility index (Phi) is 27.9. The molecule has 8 aliphatic rings. The second-order valence-corrected chi connectivity index (χ2v) is 23.9. The second kappa shape index (κ2) is 33.9. The number of nitrogens with one attached hydrogen (secondary N) is 2. The first kappa shape index (κ1) is 78.1. The number of ether oxygens (including phenoxy) is 15. The van der Waals surface area contributed by atoms with Crippen molar-refractivity contribution in [1.82, 2.24) is 10.6 Å². The fourth-order valence-electron chi connectivity index (χ4n) is 12.1. The summed E-state index contributed by atoms with van der Waals surface area (Å²) in [5, 5.41) is 266. The Balaban J connectivity index is 1.12. The van der Waals surface area contributed by atoms with Gasteiger partial charge >= 0.3 is 0 Å². The zero-order chi connectivity index (χ0) is 69.9. The standard InChI is InChI=1S/C52H88N2O41/c1-11(61)53-21-29(69)40(17(7-59)83-45(21)80)91-46-22(54-12(2)62)30(70)41(18(8-60)88-46)92-51-39(79)43(94-52-44(34(74)26(66)16(6-58)87-52)95-50-37(77)33(73)25(65)15(5-57)86-50)28(68)20(90-51)10-82-48-38(78)42(93-49-36(76)32(72)24(64)14(4-56)85-49)27(67)19(89-48)9-81-47-35(75)31(71)23(63)13(3-55)84-47/h13-52,55-60,63-80H,3-10H2,1-2H3,(H,53,61)(H,54,62)/t13-,14-,15-,16-,17-,18-,19-,20-,21-,22-,23-,24-,25-,26-,27-,28-,29-,30-,31+,32+,33+,34+,35+,36+,37+,38+,39+,40-,41-,42+,43+,44+,45-,46+,47-,48-,49+,50+,51+,52+/m1/s1. The molecule has 0 aromatic heterocycles. The molecule has 0 spiro atoms. The molecule has 8 rings (SSSR count). The van der Waals surface area contributed by atoms with E-state index >= 15 is 0 Å². The largest absolute Gasteiger partial charge is 0.394 e. The lowest BCUT2D eigenvalue weighted by atomic mass is 9.94. The van der Waals surface area contributed by atoms with Crippen LogP contribution in [0.2, 0.25) is 0 Å². The zero-order valence-electron chi connectivity index (χ0n) is 50.4. The van der Waals surface area contributed by atoms with Gasteiger partial charge in [0.25, 0.3) is 0 Å². The van der Waals surface area contributed by atoms with E-state index in [0.29, 0.717) is 0 Å². The van der Waals surface area contributed by atoms with E-state index in [1.807, 2.05) is 0 Å². The number of rotatable bonds is 24. The van der Waals surface area contributed by atoms with Crippen LogP contribution in [0.4, 0.5) is 0 Å². The summed E-state index contributed by atoms with van der Waals surface area (Å²) in [6, 6.07) is -3.49. The quantitative estimate of drug-likeness (QED) is 0.0427. The van der Waals surface area contributed by atoms with Crippen molar-refractivity contribution in [2.24, 2.45) is 0 Å². The van der Waals surface area contributed by atoms with Crippen molar-refractivity contribution in [3.63, 3.8) is 0 Å². The van der Waals surface area contributed by atoms with E-state index in [9.17, 15) is 132 Å². The van der Waals surface area contributed by atoms with Crippen LogP contribution in [0.15, 0.2) is 0 Å². The van der Waals surface area contributed by atoms with Gasteiger partial charge in [-0.3, -0.25) is 9.59 Å².